The normalized spacial score (nSPS) is 12.3. The Bertz CT molecular complexity index is 467. The van der Waals surface area contributed by atoms with Crippen molar-refractivity contribution in [3.8, 4) is 0 Å². The van der Waals surface area contributed by atoms with Gasteiger partial charge in [0.15, 0.2) is 0 Å². The van der Waals surface area contributed by atoms with Gasteiger partial charge in [-0.3, -0.25) is 0 Å². The average molecular weight is 288 g/mol. The highest BCUT2D eigenvalue weighted by molar-refractivity contribution is 7.27. The first-order valence-corrected chi connectivity index (χ1v) is 7.80. The lowest BCUT2D eigenvalue weighted by molar-refractivity contribution is 0.492. The van der Waals surface area contributed by atoms with Crippen LogP contribution in [0.15, 0.2) is 48.5 Å². The van der Waals surface area contributed by atoms with Crippen LogP contribution in [-0.4, -0.2) is 0 Å². The molecule has 0 aliphatic rings. The molecular weight excluding hydrogens is 266 g/mol. The van der Waals surface area contributed by atoms with Crippen LogP contribution in [0, 0.1) is 11.7 Å². The van der Waals surface area contributed by atoms with E-state index in [-0.39, 0.29) is 5.82 Å². The predicted molar refractivity (Wildman–Crippen MR) is 88.0 cm³/mol. The second kappa shape index (κ2) is 7.55. The summed E-state index contributed by atoms with van der Waals surface area (Å²) in [6.45, 7) is 2.30. The van der Waals surface area contributed by atoms with Gasteiger partial charge in [0, 0.05) is 0 Å². The molecule has 2 aromatic carbocycles. The molecule has 2 aromatic rings. The van der Waals surface area contributed by atoms with Crippen molar-refractivity contribution < 1.29 is 4.39 Å². The number of aryl methyl sites for hydroxylation is 2. The van der Waals surface area contributed by atoms with Crippen LogP contribution >= 0.6 is 9.24 Å². The summed E-state index contributed by atoms with van der Waals surface area (Å²) in [7, 11) is 2.71. The molecule has 20 heavy (non-hydrogen) atoms. The molecule has 0 aliphatic carbocycles. The van der Waals surface area contributed by atoms with Crippen LogP contribution in [0.4, 0.5) is 4.39 Å². The van der Waals surface area contributed by atoms with Gasteiger partial charge >= 0.3 is 0 Å². The molecular formula is C18H22FP. The van der Waals surface area contributed by atoms with Crippen LogP contribution in [0.3, 0.4) is 0 Å². The SMILES string of the molecule is CC(CCc1ccc(F)cc1)CCc1ccc(P)cc1. The molecule has 0 bridgehead atoms. The second-order valence-electron chi connectivity index (χ2n) is 5.55. The van der Waals surface area contributed by atoms with Crippen molar-refractivity contribution in [1.82, 2.24) is 0 Å². The van der Waals surface area contributed by atoms with Crippen molar-refractivity contribution in [1.29, 1.82) is 0 Å². The summed E-state index contributed by atoms with van der Waals surface area (Å²) in [6.07, 6.45) is 4.53. The van der Waals surface area contributed by atoms with Crippen molar-refractivity contribution >= 4 is 14.5 Å². The highest BCUT2D eigenvalue weighted by Gasteiger charge is 2.04. The van der Waals surface area contributed by atoms with E-state index < -0.39 is 0 Å². The van der Waals surface area contributed by atoms with Gasteiger partial charge in [0.05, 0.1) is 0 Å². The minimum atomic E-state index is -0.153. The maximum Gasteiger partial charge on any atom is 0.123 e. The van der Waals surface area contributed by atoms with E-state index in [4.69, 9.17) is 0 Å². The maximum absolute atomic E-state index is 12.8. The fourth-order valence-corrected chi connectivity index (χ4v) is 2.50. The van der Waals surface area contributed by atoms with Crippen molar-refractivity contribution in [2.45, 2.75) is 32.6 Å². The van der Waals surface area contributed by atoms with Gasteiger partial charge < -0.3 is 0 Å². The van der Waals surface area contributed by atoms with Crippen molar-refractivity contribution in [2.24, 2.45) is 5.92 Å². The van der Waals surface area contributed by atoms with Crippen LogP contribution in [0.1, 0.15) is 30.9 Å². The Morgan fingerprint density at radius 2 is 1.30 bits per heavy atom. The molecule has 0 fully saturated rings. The van der Waals surface area contributed by atoms with Gasteiger partial charge in [-0.15, -0.1) is 9.24 Å². The van der Waals surface area contributed by atoms with Crippen LogP contribution in [0.5, 0.6) is 0 Å². The van der Waals surface area contributed by atoms with Gasteiger partial charge in [0.2, 0.25) is 0 Å². The zero-order chi connectivity index (χ0) is 14.4. The topological polar surface area (TPSA) is 0 Å². The molecule has 0 saturated carbocycles. The first-order chi connectivity index (χ1) is 9.63. The van der Waals surface area contributed by atoms with Crippen molar-refractivity contribution in [3.63, 3.8) is 0 Å². The zero-order valence-electron chi connectivity index (χ0n) is 12.0. The molecule has 0 radical (unpaired) electrons. The molecule has 2 unspecified atom stereocenters. The molecule has 2 heteroatoms. The number of halogens is 1. The fourth-order valence-electron chi connectivity index (χ4n) is 2.31. The minimum absolute atomic E-state index is 0.153. The Hall–Kier alpha value is -1.20. The molecule has 0 saturated heterocycles. The number of rotatable bonds is 6. The number of hydrogen-bond donors (Lipinski definition) is 0. The molecule has 2 rings (SSSR count). The largest absolute Gasteiger partial charge is 0.207 e. The quantitative estimate of drug-likeness (QED) is 0.685. The van der Waals surface area contributed by atoms with Crippen LogP contribution in [0.2, 0.25) is 0 Å². The molecule has 0 amide bonds. The Labute approximate surface area is 123 Å². The van der Waals surface area contributed by atoms with Gasteiger partial charge in [-0.1, -0.05) is 43.3 Å². The third-order valence-corrected chi connectivity index (χ3v) is 4.13. The summed E-state index contributed by atoms with van der Waals surface area (Å²) in [5.74, 6) is 0.537. The van der Waals surface area contributed by atoms with E-state index in [9.17, 15) is 4.39 Å². The third-order valence-electron chi connectivity index (χ3n) is 3.74. The summed E-state index contributed by atoms with van der Waals surface area (Å²) in [5.41, 5.74) is 2.63. The van der Waals surface area contributed by atoms with Gasteiger partial charge in [0.1, 0.15) is 5.82 Å². The number of benzene rings is 2. The van der Waals surface area contributed by atoms with E-state index in [0.29, 0.717) is 5.92 Å². The summed E-state index contributed by atoms with van der Waals surface area (Å²) in [5, 5.41) is 1.23. The Morgan fingerprint density at radius 1 is 0.850 bits per heavy atom. The summed E-state index contributed by atoms with van der Waals surface area (Å²) in [6, 6.07) is 15.6. The second-order valence-corrected chi connectivity index (χ2v) is 6.22. The molecule has 106 valence electrons. The predicted octanol–water partition coefficient (Wildman–Crippen LogP) is 4.53. The summed E-state index contributed by atoms with van der Waals surface area (Å²) in [4.78, 5) is 0. The minimum Gasteiger partial charge on any atom is -0.207 e. The monoisotopic (exact) mass is 288 g/mol. The third kappa shape index (κ3) is 5.06. The van der Waals surface area contributed by atoms with Gasteiger partial charge in [-0.2, -0.15) is 0 Å². The lowest BCUT2D eigenvalue weighted by Crippen LogP contribution is -2.00. The van der Waals surface area contributed by atoms with E-state index in [0.717, 1.165) is 19.3 Å². The Kier molecular flexibility index (Phi) is 5.73. The first-order valence-electron chi connectivity index (χ1n) is 7.22. The zero-order valence-corrected chi connectivity index (χ0v) is 13.1. The molecule has 2 atom stereocenters. The summed E-state index contributed by atoms with van der Waals surface area (Å²) >= 11 is 0. The molecule has 0 nitrogen and oxygen atoms in total. The molecule has 0 heterocycles. The highest BCUT2D eigenvalue weighted by Crippen LogP contribution is 2.16. The highest BCUT2D eigenvalue weighted by atomic mass is 31.0. The molecule has 0 N–H and O–H groups in total. The smallest absolute Gasteiger partial charge is 0.123 e. The summed E-state index contributed by atoms with van der Waals surface area (Å²) < 4.78 is 12.8. The first kappa shape index (κ1) is 15.2. The Morgan fingerprint density at radius 3 is 1.80 bits per heavy atom. The van der Waals surface area contributed by atoms with Gasteiger partial charge in [0.25, 0.3) is 0 Å². The van der Waals surface area contributed by atoms with E-state index in [1.165, 1.54) is 22.9 Å². The average Bonchev–Trinajstić information content (AvgIpc) is 2.46. The van der Waals surface area contributed by atoms with Crippen molar-refractivity contribution in [2.75, 3.05) is 0 Å². The van der Waals surface area contributed by atoms with Crippen LogP contribution in [-0.2, 0) is 12.8 Å². The standard InChI is InChI=1S/C18H22FP/c1-14(2-4-15-6-10-17(19)11-7-15)3-5-16-8-12-18(20)13-9-16/h6-14H,2-5,20H2,1H3. The molecule has 0 spiro atoms. The molecule has 0 aromatic heterocycles. The number of hydrogen-bond acceptors (Lipinski definition) is 0. The lowest BCUT2D eigenvalue weighted by atomic mass is 9.95. The van der Waals surface area contributed by atoms with Gasteiger partial charge in [-0.05, 0) is 60.2 Å². The van der Waals surface area contributed by atoms with Crippen molar-refractivity contribution in [3.05, 3.63) is 65.5 Å². The molecule has 0 aliphatic heterocycles. The van der Waals surface area contributed by atoms with Crippen LogP contribution in [0.25, 0.3) is 0 Å². The Balaban J connectivity index is 1.73. The van der Waals surface area contributed by atoms with Gasteiger partial charge in [-0.25, -0.2) is 4.39 Å². The fraction of sp³-hybridized carbons (Fsp3) is 0.333. The van der Waals surface area contributed by atoms with Crippen LogP contribution < -0.4 is 5.30 Å². The van der Waals surface area contributed by atoms with E-state index in [1.54, 1.807) is 12.1 Å². The van der Waals surface area contributed by atoms with E-state index >= 15 is 0 Å². The van der Waals surface area contributed by atoms with E-state index in [2.05, 4.69) is 40.4 Å². The van der Waals surface area contributed by atoms with E-state index in [1.807, 2.05) is 12.1 Å². The maximum atomic E-state index is 12.8. The lowest BCUT2D eigenvalue weighted by Gasteiger charge is -2.11.